The Bertz CT molecular complexity index is 284. The topological polar surface area (TPSA) is 0 Å². The molecule has 0 atom stereocenters. The third kappa shape index (κ3) is 2.17. The molecule has 0 amide bonds. The van der Waals surface area contributed by atoms with Crippen LogP contribution in [0.4, 0.5) is 11.7 Å². The zero-order valence-corrected chi connectivity index (χ0v) is 7.75. The lowest BCUT2D eigenvalue weighted by Gasteiger charge is -2.51. The van der Waals surface area contributed by atoms with Crippen LogP contribution in [0.3, 0.4) is 0 Å². The molecule has 4 heteroatoms. The normalized spacial score (nSPS) is 18.1. The molecule has 0 aliphatic heterocycles. The van der Waals surface area contributed by atoms with E-state index in [0.29, 0.717) is 12.5 Å². The van der Waals surface area contributed by atoms with Crippen LogP contribution in [0.25, 0.3) is 0 Å². The zero-order chi connectivity index (χ0) is 9.52. The van der Waals surface area contributed by atoms with E-state index in [1.807, 2.05) is 0 Å². The molecule has 0 spiro atoms. The number of benzene rings is 1. The molecule has 70 valence electrons. The van der Waals surface area contributed by atoms with Crippen molar-refractivity contribution in [2.75, 3.05) is 12.5 Å². The van der Waals surface area contributed by atoms with Crippen LogP contribution in [0.1, 0.15) is 0 Å². The average molecular weight is 196 g/mol. The minimum absolute atomic E-state index is 0.384. The van der Waals surface area contributed by atoms with E-state index in [1.54, 1.807) is 6.07 Å². The first kappa shape index (κ1) is 9.45. The zero-order valence-electron chi connectivity index (χ0n) is 6.93. The molecule has 0 bridgehead atoms. The van der Waals surface area contributed by atoms with Crippen molar-refractivity contribution in [2.24, 2.45) is 0 Å². The average Bonchev–Trinajstić information content (AvgIpc) is 1.85. The maximum absolute atomic E-state index is 13.3. The SMILES string of the molecule is CS(C)(F)(F)(F)c1ccccc1. The van der Waals surface area contributed by atoms with Crippen molar-refractivity contribution < 1.29 is 11.7 Å². The van der Waals surface area contributed by atoms with E-state index in [1.165, 1.54) is 12.1 Å². The molecule has 0 heterocycles. The van der Waals surface area contributed by atoms with E-state index < -0.39 is 14.3 Å². The Morgan fingerprint density at radius 3 is 1.58 bits per heavy atom. The van der Waals surface area contributed by atoms with Gasteiger partial charge in [0.25, 0.3) is 0 Å². The second kappa shape index (κ2) is 1.82. The van der Waals surface area contributed by atoms with Crippen molar-refractivity contribution >= 4 is 9.45 Å². The van der Waals surface area contributed by atoms with Gasteiger partial charge in [0.1, 0.15) is 0 Å². The summed E-state index contributed by atoms with van der Waals surface area (Å²) in [4.78, 5) is -0.516. The monoisotopic (exact) mass is 196 g/mol. The maximum atomic E-state index is 13.3. The lowest BCUT2D eigenvalue weighted by atomic mass is 10.4. The van der Waals surface area contributed by atoms with E-state index >= 15 is 0 Å². The molecule has 1 aromatic carbocycles. The summed E-state index contributed by atoms with van der Waals surface area (Å²) in [7, 11) is -6.43. The highest BCUT2D eigenvalue weighted by atomic mass is 32.4. The Morgan fingerprint density at radius 1 is 0.917 bits per heavy atom. The predicted molar refractivity (Wildman–Crippen MR) is 47.5 cm³/mol. The van der Waals surface area contributed by atoms with E-state index in [2.05, 4.69) is 0 Å². The Kier molecular flexibility index (Phi) is 1.43. The fourth-order valence-electron chi connectivity index (χ4n) is 0.847. The van der Waals surface area contributed by atoms with E-state index in [9.17, 15) is 11.7 Å². The summed E-state index contributed by atoms with van der Waals surface area (Å²) in [6.45, 7) is 0. The third-order valence-electron chi connectivity index (χ3n) is 1.48. The van der Waals surface area contributed by atoms with Crippen LogP contribution in [0.15, 0.2) is 35.2 Å². The van der Waals surface area contributed by atoms with Crippen LogP contribution in [0, 0.1) is 0 Å². The molecule has 1 rings (SSSR count). The first-order valence-electron chi connectivity index (χ1n) is 3.39. The molecule has 0 fully saturated rings. The molecule has 0 nitrogen and oxygen atoms in total. The highest BCUT2D eigenvalue weighted by Gasteiger charge is 2.53. The van der Waals surface area contributed by atoms with Crippen molar-refractivity contribution in [3.63, 3.8) is 0 Å². The molecule has 12 heavy (non-hydrogen) atoms. The van der Waals surface area contributed by atoms with Gasteiger partial charge in [0.15, 0.2) is 0 Å². The van der Waals surface area contributed by atoms with Crippen LogP contribution in [-0.2, 0) is 0 Å². The molecule has 1 aromatic rings. The third-order valence-corrected chi connectivity index (χ3v) is 3.23. The molecule has 0 saturated heterocycles. The number of halogens is 3. The first-order valence-corrected chi connectivity index (χ1v) is 6.36. The summed E-state index contributed by atoms with van der Waals surface area (Å²) in [5, 5.41) is 0. The predicted octanol–water partition coefficient (Wildman–Crippen LogP) is 3.83. The smallest absolute Gasteiger partial charge is 0.0701 e. The van der Waals surface area contributed by atoms with Gasteiger partial charge in [-0.3, -0.25) is 0 Å². The maximum Gasteiger partial charge on any atom is 0.0701 e. The minimum Gasteiger partial charge on any atom is -0.149 e. The Morgan fingerprint density at radius 2 is 1.33 bits per heavy atom. The summed E-state index contributed by atoms with van der Waals surface area (Å²) >= 11 is 0. The molecular formula is C8H11F3S. The van der Waals surface area contributed by atoms with Gasteiger partial charge < -0.3 is 0 Å². The van der Waals surface area contributed by atoms with E-state index in [4.69, 9.17) is 0 Å². The summed E-state index contributed by atoms with van der Waals surface area (Å²) in [5.74, 6) is 0. The largest absolute Gasteiger partial charge is 0.149 e. The van der Waals surface area contributed by atoms with Gasteiger partial charge >= 0.3 is 0 Å². The second-order valence-electron chi connectivity index (χ2n) is 3.46. The molecule has 0 aromatic heterocycles. The van der Waals surface area contributed by atoms with Crippen molar-refractivity contribution in [3.8, 4) is 0 Å². The fraction of sp³-hybridized carbons (Fsp3) is 0.250. The molecule has 0 N–H and O–H groups in total. The lowest BCUT2D eigenvalue weighted by molar-refractivity contribution is 0.564. The quantitative estimate of drug-likeness (QED) is 0.640. The standard InChI is InChI=1S/C8H11F3S/c1-12(2,9,10,11)8-6-4-3-5-7-8/h3-7H,1-2H3. The lowest BCUT2D eigenvalue weighted by Crippen LogP contribution is -2.15. The Hall–Kier alpha value is -0.640. The first-order chi connectivity index (χ1) is 5.09. The van der Waals surface area contributed by atoms with Gasteiger partial charge in [-0.2, -0.15) is 0 Å². The van der Waals surface area contributed by atoms with Crippen LogP contribution < -0.4 is 0 Å². The van der Waals surface area contributed by atoms with Crippen molar-refractivity contribution in [2.45, 2.75) is 4.90 Å². The van der Waals surface area contributed by atoms with Gasteiger partial charge in [0, 0.05) is 17.4 Å². The van der Waals surface area contributed by atoms with E-state index in [-0.39, 0.29) is 0 Å². The molecular weight excluding hydrogens is 185 g/mol. The Balaban J connectivity index is 3.36. The highest BCUT2D eigenvalue weighted by Crippen LogP contribution is 2.94. The number of rotatable bonds is 1. The van der Waals surface area contributed by atoms with Gasteiger partial charge in [-0.15, -0.1) is 11.7 Å². The van der Waals surface area contributed by atoms with Crippen molar-refractivity contribution in [1.82, 2.24) is 0 Å². The summed E-state index contributed by atoms with van der Waals surface area (Å²) in [6.07, 6.45) is 0.769. The van der Waals surface area contributed by atoms with Gasteiger partial charge in [-0.05, 0) is 12.1 Å². The second-order valence-corrected chi connectivity index (χ2v) is 8.23. The van der Waals surface area contributed by atoms with Gasteiger partial charge in [-0.1, -0.05) is 18.2 Å². The van der Waals surface area contributed by atoms with Gasteiger partial charge in [-0.25, -0.2) is 0 Å². The van der Waals surface area contributed by atoms with E-state index in [0.717, 1.165) is 12.1 Å². The van der Waals surface area contributed by atoms with Crippen LogP contribution in [0.5, 0.6) is 0 Å². The Labute approximate surface area is 69.5 Å². The molecule has 0 radical (unpaired) electrons. The van der Waals surface area contributed by atoms with Gasteiger partial charge in [0.2, 0.25) is 0 Å². The van der Waals surface area contributed by atoms with Crippen LogP contribution in [0.2, 0.25) is 0 Å². The molecule has 0 unspecified atom stereocenters. The molecule has 0 aliphatic rings. The summed E-state index contributed by atoms with van der Waals surface area (Å²) in [6, 6.07) is 6.61. The van der Waals surface area contributed by atoms with Gasteiger partial charge in [0.05, 0.1) is 9.45 Å². The van der Waals surface area contributed by atoms with Crippen LogP contribution >= 0.6 is 9.45 Å². The molecule has 0 saturated carbocycles. The van der Waals surface area contributed by atoms with Crippen LogP contribution in [-0.4, -0.2) is 12.5 Å². The molecule has 0 aliphatic carbocycles. The summed E-state index contributed by atoms with van der Waals surface area (Å²) in [5.41, 5.74) is 0. The number of hydrogen-bond acceptors (Lipinski definition) is 0. The minimum atomic E-state index is -6.43. The van der Waals surface area contributed by atoms with Crippen molar-refractivity contribution in [1.29, 1.82) is 0 Å². The number of hydrogen-bond donors (Lipinski definition) is 0. The summed E-state index contributed by atoms with van der Waals surface area (Å²) < 4.78 is 39.8. The highest BCUT2D eigenvalue weighted by molar-refractivity contribution is 8.52. The fourth-order valence-corrected chi connectivity index (χ4v) is 1.86. The van der Waals surface area contributed by atoms with Crippen molar-refractivity contribution in [3.05, 3.63) is 30.3 Å².